The molecular formula is C50H96O6. The summed E-state index contributed by atoms with van der Waals surface area (Å²) >= 11 is 0. The molecule has 0 bridgehead atoms. The maximum atomic E-state index is 13.0. The van der Waals surface area contributed by atoms with Crippen LogP contribution in [-0.2, 0) is 28.6 Å². The predicted octanol–water partition coefficient (Wildman–Crippen LogP) is 15.8. The minimum absolute atomic E-state index is 0.0603. The van der Waals surface area contributed by atoms with Gasteiger partial charge in [0.15, 0.2) is 0 Å². The average molecular weight is 793 g/mol. The second-order valence-corrected chi connectivity index (χ2v) is 18.4. The van der Waals surface area contributed by atoms with Crippen LogP contribution in [0.5, 0.6) is 0 Å². The molecule has 0 aromatic carbocycles. The zero-order chi connectivity index (χ0) is 41.4. The highest BCUT2D eigenvalue weighted by atomic mass is 16.6. The monoisotopic (exact) mass is 793 g/mol. The molecule has 0 atom stereocenters. The summed E-state index contributed by atoms with van der Waals surface area (Å²) in [4.78, 5) is 38.9. The Morgan fingerprint density at radius 2 is 0.482 bits per heavy atom. The minimum atomic E-state index is -0.834. The van der Waals surface area contributed by atoms with Crippen LogP contribution < -0.4 is 0 Å². The Kier molecular flexibility index (Phi) is 37.8. The van der Waals surface area contributed by atoms with Crippen LogP contribution in [0, 0.1) is 10.8 Å². The summed E-state index contributed by atoms with van der Waals surface area (Å²) in [6, 6.07) is 0. The standard InChI is InChI=1S/C50H96O6/c1-7-10-13-16-19-22-25-28-31-34-37-40-46(51)54-43-50(49(4,5)6,44-55-47(52)41-38-35-32-29-26-23-20-17-14-11-8-2)45-56-48(53)42-39-36-33-30-27-24-21-18-15-12-9-3/h7-45H2,1-6H3. The van der Waals surface area contributed by atoms with Gasteiger partial charge in [-0.25, -0.2) is 0 Å². The van der Waals surface area contributed by atoms with Crippen molar-refractivity contribution in [3.8, 4) is 0 Å². The molecule has 0 fully saturated rings. The zero-order valence-electron chi connectivity index (χ0n) is 38.5. The summed E-state index contributed by atoms with van der Waals surface area (Å²) in [5.74, 6) is -0.683. The lowest BCUT2D eigenvalue weighted by Crippen LogP contribution is -2.49. The largest absolute Gasteiger partial charge is 0.465 e. The number of esters is 3. The van der Waals surface area contributed by atoms with Gasteiger partial charge in [0.1, 0.15) is 19.8 Å². The van der Waals surface area contributed by atoms with Gasteiger partial charge in [0.2, 0.25) is 0 Å². The maximum absolute atomic E-state index is 13.0. The van der Waals surface area contributed by atoms with Crippen molar-refractivity contribution in [2.45, 2.75) is 273 Å². The molecule has 0 saturated carbocycles. The molecule has 56 heavy (non-hydrogen) atoms. The normalized spacial score (nSPS) is 11.9. The van der Waals surface area contributed by atoms with E-state index in [2.05, 4.69) is 41.5 Å². The summed E-state index contributed by atoms with van der Waals surface area (Å²) in [6.07, 6.45) is 41.7. The quantitative estimate of drug-likeness (QED) is 0.0348. The molecule has 0 aliphatic rings. The number of carbonyl (C=O) groups is 3. The first kappa shape index (κ1) is 54.4. The molecule has 332 valence electrons. The molecule has 0 N–H and O–H groups in total. The summed E-state index contributed by atoms with van der Waals surface area (Å²) in [7, 11) is 0. The van der Waals surface area contributed by atoms with Gasteiger partial charge in [0, 0.05) is 19.3 Å². The van der Waals surface area contributed by atoms with E-state index >= 15 is 0 Å². The van der Waals surface area contributed by atoms with Crippen LogP contribution in [0.4, 0.5) is 0 Å². The lowest BCUT2D eigenvalue weighted by molar-refractivity contribution is -0.172. The Balaban J connectivity index is 4.88. The first-order valence-electron chi connectivity index (χ1n) is 24.6. The summed E-state index contributed by atoms with van der Waals surface area (Å²) in [5.41, 5.74) is -1.28. The molecule has 0 radical (unpaired) electrons. The highest BCUT2D eigenvalue weighted by Crippen LogP contribution is 2.40. The molecule has 6 heteroatoms. The molecule has 0 aliphatic carbocycles. The van der Waals surface area contributed by atoms with Crippen LogP contribution in [0.2, 0.25) is 0 Å². The molecule has 0 aromatic heterocycles. The Morgan fingerprint density at radius 3 is 0.661 bits per heavy atom. The van der Waals surface area contributed by atoms with Crippen molar-refractivity contribution < 1.29 is 28.6 Å². The van der Waals surface area contributed by atoms with Crippen LogP contribution in [0.15, 0.2) is 0 Å². The van der Waals surface area contributed by atoms with E-state index < -0.39 is 10.8 Å². The highest BCUT2D eigenvalue weighted by Gasteiger charge is 2.46. The number of hydrogen-bond donors (Lipinski definition) is 0. The molecule has 0 unspecified atom stereocenters. The Labute approximate surface area is 348 Å². The van der Waals surface area contributed by atoms with Crippen molar-refractivity contribution in [1.29, 1.82) is 0 Å². The number of hydrogen-bond acceptors (Lipinski definition) is 6. The van der Waals surface area contributed by atoms with Crippen molar-refractivity contribution in [2.75, 3.05) is 19.8 Å². The van der Waals surface area contributed by atoms with Crippen molar-refractivity contribution in [1.82, 2.24) is 0 Å². The zero-order valence-corrected chi connectivity index (χ0v) is 38.5. The minimum Gasteiger partial charge on any atom is -0.465 e. The molecular weight excluding hydrogens is 697 g/mol. The Hall–Kier alpha value is -1.59. The van der Waals surface area contributed by atoms with Crippen LogP contribution >= 0.6 is 0 Å². The fourth-order valence-corrected chi connectivity index (χ4v) is 7.45. The van der Waals surface area contributed by atoms with E-state index in [4.69, 9.17) is 14.2 Å². The van der Waals surface area contributed by atoms with E-state index in [0.717, 1.165) is 57.8 Å². The van der Waals surface area contributed by atoms with Crippen LogP contribution in [0.25, 0.3) is 0 Å². The molecule has 0 aromatic rings. The topological polar surface area (TPSA) is 78.9 Å². The van der Waals surface area contributed by atoms with Gasteiger partial charge in [-0.15, -0.1) is 0 Å². The molecule has 6 nitrogen and oxygen atoms in total. The smallest absolute Gasteiger partial charge is 0.305 e. The van der Waals surface area contributed by atoms with Crippen LogP contribution in [0.3, 0.4) is 0 Å². The fraction of sp³-hybridized carbons (Fsp3) is 0.940. The second-order valence-electron chi connectivity index (χ2n) is 18.4. The van der Waals surface area contributed by atoms with E-state index in [-0.39, 0.29) is 37.7 Å². The van der Waals surface area contributed by atoms with Crippen molar-refractivity contribution >= 4 is 17.9 Å². The van der Waals surface area contributed by atoms with E-state index in [1.165, 1.54) is 154 Å². The van der Waals surface area contributed by atoms with E-state index in [1.807, 2.05) is 0 Å². The number of carbonyl (C=O) groups excluding carboxylic acids is 3. The maximum Gasteiger partial charge on any atom is 0.305 e. The first-order chi connectivity index (χ1) is 27.1. The summed E-state index contributed by atoms with van der Waals surface area (Å²) in [5, 5.41) is 0. The summed E-state index contributed by atoms with van der Waals surface area (Å²) < 4.78 is 17.7. The molecule has 0 saturated heterocycles. The van der Waals surface area contributed by atoms with Gasteiger partial charge >= 0.3 is 17.9 Å². The van der Waals surface area contributed by atoms with Crippen LogP contribution in [-0.4, -0.2) is 37.7 Å². The Bertz CT molecular complexity index is 790. The molecule has 0 spiro atoms. The van der Waals surface area contributed by atoms with Gasteiger partial charge in [-0.2, -0.15) is 0 Å². The first-order valence-corrected chi connectivity index (χ1v) is 24.6. The molecule has 0 heterocycles. The molecule has 0 aliphatic heterocycles. The predicted molar refractivity (Wildman–Crippen MR) is 238 cm³/mol. The van der Waals surface area contributed by atoms with Gasteiger partial charge < -0.3 is 14.2 Å². The third kappa shape index (κ3) is 33.4. The third-order valence-electron chi connectivity index (χ3n) is 12.1. The Morgan fingerprint density at radius 1 is 0.304 bits per heavy atom. The van der Waals surface area contributed by atoms with Gasteiger partial charge in [-0.05, 0) is 24.7 Å². The van der Waals surface area contributed by atoms with Gasteiger partial charge in [-0.1, -0.05) is 234 Å². The lowest BCUT2D eigenvalue weighted by Gasteiger charge is -2.43. The highest BCUT2D eigenvalue weighted by molar-refractivity contribution is 5.70. The van der Waals surface area contributed by atoms with Crippen molar-refractivity contribution in [2.24, 2.45) is 10.8 Å². The lowest BCUT2D eigenvalue weighted by atomic mass is 9.68. The van der Waals surface area contributed by atoms with Gasteiger partial charge in [0.05, 0.1) is 5.41 Å². The van der Waals surface area contributed by atoms with Gasteiger partial charge in [-0.3, -0.25) is 14.4 Å². The third-order valence-corrected chi connectivity index (χ3v) is 12.1. The van der Waals surface area contributed by atoms with Crippen LogP contribution in [0.1, 0.15) is 273 Å². The SMILES string of the molecule is CCCCCCCCCCCCCC(=O)OCC(COC(=O)CCCCCCCCCCCCC)(COC(=O)CCCCCCCCCCCCC)C(C)(C)C. The number of rotatable bonds is 42. The average Bonchev–Trinajstić information content (AvgIpc) is 3.17. The van der Waals surface area contributed by atoms with Crippen molar-refractivity contribution in [3.05, 3.63) is 0 Å². The fourth-order valence-electron chi connectivity index (χ4n) is 7.45. The molecule has 0 amide bonds. The number of ether oxygens (including phenoxy) is 3. The molecule has 0 rings (SSSR count). The van der Waals surface area contributed by atoms with Crippen molar-refractivity contribution in [3.63, 3.8) is 0 Å². The van der Waals surface area contributed by atoms with E-state index in [1.54, 1.807) is 0 Å². The second kappa shape index (κ2) is 38.9. The summed E-state index contributed by atoms with van der Waals surface area (Å²) in [6.45, 7) is 13.1. The number of unbranched alkanes of at least 4 members (excludes halogenated alkanes) is 30. The van der Waals surface area contributed by atoms with Gasteiger partial charge in [0.25, 0.3) is 0 Å². The van der Waals surface area contributed by atoms with E-state index in [0.29, 0.717) is 19.3 Å². The van der Waals surface area contributed by atoms with E-state index in [9.17, 15) is 14.4 Å².